The van der Waals surface area contributed by atoms with Crippen LogP contribution < -0.4 is 26.9 Å². The van der Waals surface area contributed by atoms with Gasteiger partial charge in [-0.05, 0) is 47.4 Å². The van der Waals surface area contributed by atoms with Gasteiger partial charge in [0.15, 0.2) is 17.4 Å². The fraction of sp³-hybridized carbons (Fsp3) is 0.297. The number of aromatic nitrogens is 2. The van der Waals surface area contributed by atoms with Crippen LogP contribution in [0.1, 0.15) is 34.5 Å². The van der Waals surface area contributed by atoms with E-state index in [1.54, 1.807) is 41.3 Å². The van der Waals surface area contributed by atoms with Gasteiger partial charge in [0, 0.05) is 106 Å². The number of carbonyl (C=O) groups is 2. The van der Waals surface area contributed by atoms with Crippen LogP contribution in [0.5, 0.6) is 5.75 Å². The molecule has 0 saturated carbocycles. The van der Waals surface area contributed by atoms with Gasteiger partial charge in [-0.3, -0.25) is 14.6 Å². The lowest BCUT2D eigenvalue weighted by Crippen LogP contribution is -2.49. The highest BCUT2D eigenvalue weighted by atomic mass is 19.1. The third kappa shape index (κ3) is 7.39. The van der Waals surface area contributed by atoms with Gasteiger partial charge >= 0.3 is 0 Å². The summed E-state index contributed by atoms with van der Waals surface area (Å²) in [7, 11) is 3.11. The third-order valence-corrected chi connectivity index (χ3v) is 9.35. The minimum absolute atomic E-state index is 0.114. The van der Waals surface area contributed by atoms with E-state index >= 15 is 4.39 Å². The number of aliphatic imine (C=N–C) groups is 1. The van der Waals surface area contributed by atoms with Crippen molar-refractivity contribution in [1.82, 2.24) is 24.8 Å². The summed E-state index contributed by atoms with van der Waals surface area (Å²) in [5.41, 5.74) is 15.7. The van der Waals surface area contributed by atoms with E-state index in [-0.39, 0.29) is 42.5 Å². The Hall–Kier alpha value is -5.96. The standard InChI is InChI=1S/C37H42F2N10O3/c1-43-20-25-16-23(5-6-30(25)41)27-18-28(24-4-3-9-48(22-24)33(50)7-10-49(42)11-8-40)34(39)35-29(27)19-31(45-35)37(51)47-14-12-46(13-15-47)36-32(52-2)17-26(38)21-44-36/h4-6,8,11,16-21,45H,3,7,9-10,12-15,22,40-42H2,1-2H3/b11-8-,43-20?. The van der Waals surface area contributed by atoms with E-state index in [4.69, 9.17) is 22.0 Å². The number of hydrogen-bond donors (Lipinski definition) is 4. The Balaban J connectivity index is 1.32. The Labute approximate surface area is 300 Å². The molecule has 0 radical (unpaired) electrons. The predicted octanol–water partition coefficient (Wildman–Crippen LogP) is 3.72. The fourth-order valence-corrected chi connectivity index (χ4v) is 6.65. The van der Waals surface area contributed by atoms with E-state index < -0.39 is 11.6 Å². The SMILES string of the molecule is CN=Cc1cc(-c2cc(C3=CCCN(C(=O)CCN(N)/C=C\N)C3)c(F)c3[nH]c(C(=O)N4CCN(c5ncc(F)cc5OC)CC4)cc23)ccc1N. The number of ether oxygens (including phenoxy) is 1. The van der Waals surface area contributed by atoms with Crippen molar-refractivity contribution in [2.45, 2.75) is 12.8 Å². The summed E-state index contributed by atoms with van der Waals surface area (Å²) >= 11 is 0. The number of nitrogen functional groups attached to an aromatic ring is 1. The summed E-state index contributed by atoms with van der Waals surface area (Å²) in [5, 5.41) is 1.86. The van der Waals surface area contributed by atoms with E-state index in [9.17, 15) is 14.0 Å². The van der Waals surface area contributed by atoms with Gasteiger partial charge in [0.2, 0.25) is 5.91 Å². The Bertz CT molecular complexity index is 2070. The molecule has 0 unspecified atom stereocenters. The number of halogens is 2. The number of nitrogens with one attached hydrogen (secondary N) is 1. The molecule has 52 heavy (non-hydrogen) atoms. The number of rotatable bonds is 10. The van der Waals surface area contributed by atoms with Crippen LogP contribution in [0.15, 0.2) is 66.1 Å². The van der Waals surface area contributed by atoms with Crippen LogP contribution in [-0.4, -0.2) is 103 Å². The number of pyridine rings is 1. The van der Waals surface area contributed by atoms with Crippen molar-refractivity contribution in [3.05, 3.63) is 89.5 Å². The van der Waals surface area contributed by atoms with Crippen molar-refractivity contribution in [1.29, 1.82) is 0 Å². The highest BCUT2D eigenvalue weighted by Crippen LogP contribution is 2.38. The number of anilines is 2. The van der Waals surface area contributed by atoms with Crippen LogP contribution in [0.2, 0.25) is 0 Å². The van der Waals surface area contributed by atoms with Crippen LogP contribution in [0.3, 0.4) is 0 Å². The van der Waals surface area contributed by atoms with Gasteiger partial charge in [0.05, 0.1) is 18.8 Å². The van der Waals surface area contributed by atoms with E-state index in [1.807, 2.05) is 23.1 Å². The minimum Gasteiger partial charge on any atom is -0.493 e. The summed E-state index contributed by atoms with van der Waals surface area (Å²) in [6.07, 6.45) is 8.22. The number of benzene rings is 2. The first kappa shape index (κ1) is 35.9. The van der Waals surface area contributed by atoms with Gasteiger partial charge < -0.3 is 40.9 Å². The van der Waals surface area contributed by atoms with Crippen LogP contribution >= 0.6 is 0 Å². The van der Waals surface area contributed by atoms with Crippen molar-refractivity contribution in [2.24, 2.45) is 16.6 Å². The molecule has 0 aliphatic carbocycles. The summed E-state index contributed by atoms with van der Waals surface area (Å²) in [4.78, 5) is 43.8. The predicted molar refractivity (Wildman–Crippen MR) is 198 cm³/mol. The molecule has 1 saturated heterocycles. The van der Waals surface area contributed by atoms with Gasteiger partial charge in [0.1, 0.15) is 11.5 Å². The molecule has 2 aromatic carbocycles. The van der Waals surface area contributed by atoms with Crippen molar-refractivity contribution < 1.29 is 23.1 Å². The number of hydrazine groups is 1. The largest absolute Gasteiger partial charge is 0.493 e. The quantitative estimate of drug-likeness (QED) is 0.0827. The van der Waals surface area contributed by atoms with E-state index in [0.29, 0.717) is 84.0 Å². The third-order valence-electron chi connectivity index (χ3n) is 9.35. The maximum absolute atomic E-state index is 16.7. The van der Waals surface area contributed by atoms with Gasteiger partial charge in [-0.15, -0.1) is 0 Å². The Morgan fingerprint density at radius 1 is 1.08 bits per heavy atom. The number of hydrogen-bond acceptors (Lipinski definition) is 10. The smallest absolute Gasteiger partial charge is 0.270 e. The maximum Gasteiger partial charge on any atom is 0.270 e. The minimum atomic E-state index is -0.523. The fourth-order valence-electron chi connectivity index (χ4n) is 6.65. The molecule has 0 spiro atoms. The molecule has 15 heteroatoms. The monoisotopic (exact) mass is 712 g/mol. The molecular weight excluding hydrogens is 670 g/mol. The number of aromatic amines is 1. The lowest BCUT2D eigenvalue weighted by molar-refractivity contribution is -0.130. The number of nitrogens with two attached hydrogens (primary N) is 3. The number of carbonyl (C=O) groups excluding carboxylic acids is 2. The number of fused-ring (bicyclic) bond motifs is 1. The Morgan fingerprint density at radius 2 is 1.87 bits per heavy atom. The molecule has 0 atom stereocenters. The topological polar surface area (TPSA) is 175 Å². The molecule has 13 nitrogen and oxygen atoms in total. The van der Waals surface area contributed by atoms with Crippen LogP contribution in [0, 0.1) is 11.6 Å². The van der Waals surface area contributed by atoms with Crippen molar-refractivity contribution >= 4 is 46.0 Å². The number of amides is 2. The lowest BCUT2D eigenvalue weighted by Gasteiger charge is -2.35. The van der Waals surface area contributed by atoms with Crippen molar-refractivity contribution in [3.63, 3.8) is 0 Å². The normalized spacial score (nSPS) is 15.2. The van der Waals surface area contributed by atoms with Crippen molar-refractivity contribution in [2.75, 3.05) is 70.6 Å². The molecular formula is C37H42F2N10O3. The van der Waals surface area contributed by atoms with E-state index in [1.165, 1.54) is 30.6 Å². The summed E-state index contributed by atoms with van der Waals surface area (Å²) in [6.45, 7) is 2.57. The first-order chi connectivity index (χ1) is 25.1. The first-order valence-corrected chi connectivity index (χ1v) is 16.9. The van der Waals surface area contributed by atoms with Crippen LogP contribution in [0.25, 0.3) is 27.6 Å². The molecule has 0 bridgehead atoms. The second-order valence-corrected chi connectivity index (χ2v) is 12.6. The molecule has 7 N–H and O–H groups in total. The second-order valence-electron chi connectivity index (χ2n) is 12.6. The zero-order valence-corrected chi connectivity index (χ0v) is 29.1. The van der Waals surface area contributed by atoms with Gasteiger partial charge in [-0.2, -0.15) is 0 Å². The summed E-state index contributed by atoms with van der Waals surface area (Å²) in [6, 6.07) is 10.2. The van der Waals surface area contributed by atoms with Gasteiger partial charge in [-0.25, -0.2) is 19.6 Å². The average molecular weight is 713 g/mol. The molecule has 4 heterocycles. The number of nitrogens with zero attached hydrogens (tertiary/aromatic N) is 6. The lowest BCUT2D eigenvalue weighted by atomic mass is 9.92. The molecule has 2 amide bonds. The van der Waals surface area contributed by atoms with Gasteiger partial charge in [-0.1, -0.05) is 12.1 Å². The maximum atomic E-state index is 16.7. The Kier molecular flexibility index (Phi) is 10.7. The van der Waals surface area contributed by atoms with Crippen LogP contribution in [-0.2, 0) is 4.79 Å². The molecule has 1 fully saturated rings. The van der Waals surface area contributed by atoms with Crippen LogP contribution in [0.4, 0.5) is 20.3 Å². The van der Waals surface area contributed by atoms with Crippen molar-refractivity contribution in [3.8, 4) is 16.9 Å². The average Bonchev–Trinajstić information content (AvgIpc) is 3.61. The van der Waals surface area contributed by atoms with E-state index in [0.717, 1.165) is 11.8 Å². The zero-order chi connectivity index (χ0) is 36.9. The highest BCUT2D eigenvalue weighted by molar-refractivity contribution is 6.05. The van der Waals surface area contributed by atoms with E-state index in [2.05, 4.69) is 15.0 Å². The second kappa shape index (κ2) is 15.5. The molecule has 2 aliphatic rings. The molecule has 2 aliphatic heterocycles. The summed E-state index contributed by atoms with van der Waals surface area (Å²) < 4.78 is 35.8. The molecule has 4 aromatic rings. The Morgan fingerprint density at radius 3 is 2.60 bits per heavy atom. The number of H-pyrrole nitrogens is 1. The molecule has 2 aromatic heterocycles. The zero-order valence-electron chi connectivity index (χ0n) is 29.1. The number of piperazine rings is 1. The highest BCUT2D eigenvalue weighted by Gasteiger charge is 2.28. The summed E-state index contributed by atoms with van der Waals surface area (Å²) in [5.74, 6) is 5.23. The molecule has 272 valence electrons. The van der Waals surface area contributed by atoms with Gasteiger partial charge in [0.25, 0.3) is 5.91 Å². The molecule has 6 rings (SSSR count). The number of methoxy groups -OCH3 is 1. The first-order valence-electron chi connectivity index (χ1n) is 16.9.